The molecule has 0 bridgehead atoms. The minimum Gasteiger partial charge on any atom is -0.385 e. The Bertz CT molecular complexity index is 125. The second-order valence-electron chi connectivity index (χ2n) is 4.20. The van der Waals surface area contributed by atoms with E-state index in [1.165, 1.54) is 25.9 Å². The van der Waals surface area contributed by atoms with Crippen molar-refractivity contribution in [2.24, 2.45) is 5.73 Å². The van der Waals surface area contributed by atoms with Crippen molar-refractivity contribution in [3.05, 3.63) is 0 Å². The van der Waals surface area contributed by atoms with Crippen LogP contribution in [-0.2, 0) is 4.74 Å². The van der Waals surface area contributed by atoms with Gasteiger partial charge in [-0.25, -0.2) is 0 Å². The summed E-state index contributed by atoms with van der Waals surface area (Å²) in [4.78, 5) is 2.47. The number of methoxy groups -OCH3 is 1. The second kappa shape index (κ2) is 10.4. The fourth-order valence-electron chi connectivity index (χ4n) is 1.84. The van der Waals surface area contributed by atoms with Gasteiger partial charge in [0, 0.05) is 26.3 Å². The van der Waals surface area contributed by atoms with Crippen LogP contribution in [0.3, 0.4) is 0 Å². The highest BCUT2D eigenvalue weighted by Crippen LogP contribution is 2.00. The Balaban J connectivity index is 3.62. The molecule has 92 valence electrons. The highest BCUT2D eigenvalue weighted by atomic mass is 16.5. The normalized spacial score (nSPS) is 13.4. The van der Waals surface area contributed by atoms with E-state index in [0.29, 0.717) is 6.04 Å². The van der Waals surface area contributed by atoms with E-state index in [4.69, 9.17) is 10.5 Å². The van der Waals surface area contributed by atoms with Gasteiger partial charge in [-0.15, -0.1) is 0 Å². The summed E-state index contributed by atoms with van der Waals surface area (Å²) in [6.45, 7) is 8.65. The summed E-state index contributed by atoms with van der Waals surface area (Å²) < 4.78 is 5.02. The first-order valence-electron chi connectivity index (χ1n) is 6.21. The molecule has 0 aromatic carbocycles. The third-order valence-electron chi connectivity index (χ3n) is 2.50. The van der Waals surface area contributed by atoms with Crippen LogP contribution in [0.1, 0.15) is 39.5 Å². The lowest BCUT2D eigenvalue weighted by Crippen LogP contribution is -2.38. The first-order chi connectivity index (χ1) is 7.24. The van der Waals surface area contributed by atoms with E-state index in [1.807, 2.05) is 0 Å². The van der Waals surface area contributed by atoms with Gasteiger partial charge in [0.15, 0.2) is 0 Å². The number of nitrogens with two attached hydrogens (primary N) is 1. The Morgan fingerprint density at radius 3 is 2.27 bits per heavy atom. The maximum atomic E-state index is 6.08. The number of rotatable bonds is 10. The molecule has 0 aliphatic heterocycles. The van der Waals surface area contributed by atoms with E-state index in [-0.39, 0.29) is 0 Å². The average molecular weight is 216 g/mol. The summed E-state index contributed by atoms with van der Waals surface area (Å²) in [7, 11) is 1.74. The average Bonchev–Trinajstić information content (AvgIpc) is 2.19. The van der Waals surface area contributed by atoms with Crippen molar-refractivity contribution in [3.8, 4) is 0 Å². The van der Waals surface area contributed by atoms with Crippen LogP contribution in [0.4, 0.5) is 0 Å². The monoisotopic (exact) mass is 216 g/mol. The third-order valence-corrected chi connectivity index (χ3v) is 2.50. The van der Waals surface area contributed by atoms with Crippen molar-refractivity contribution in [2.75, 3.05) is 33.4 Å². The molecule has 0 amide bonds. The Kier molecular flexibility index (Phi) is 10.3. The Morgan fingerprint density at radius 2 is 1.80 bits per heavy atom. The molecule has 0 heterocycles. The van der Waals surface area contributed by atoms with Gasteiger partial charge in [0.1, 0.15) is 0 Å². The van der Waals surface area contributed by atoms with Crippen LogP contribution in [0.25, 0.3) is 0 Å². The van der Waals surface area contributed by atoms with Gasteiger partial charge in [0.25, 0.3) is 0 Å². The first kappa shape index (κ1) is 14.9. The zero-order chi connectivity index (χ0) is 11.5. The van der Waals surface area contributed by atoms with Gasteiger partial charge >= 0.3 is 0 Å². The van der Waals surface area contributed by atoms with Gasteiger partial charge < -0.3 is 15.4 Å². The third kappa shape index (κ3) is 8.85. The van der Waals surface area contributed by atoms with Crippen LogP contribution < -0.4 is 5.73 Å². The highest BCUT2D eigenvalue weighted by Gasteiger charge is 2.08. The molecule has 1 unspecified atom stereocenters. The van der Waals surface area contributed by atoms with Crippen molar-refractivity contribution in [1.29, 1.82) is 0 Å². The van der Waals surface area contributed by atoms with Crippen molar-refractivity contribution < 1.29 is 4.74 Å². The molecule has 0 aliphatic carbocycles. The molecule has 15 heavy (non-hydrogen) atoms. The van der Waals surface area contributed by atoms with Crippen molar-refractivity contribution >= 4 is 0 Å². The number of ether oxygens (including phenoxy) is 1. The summed E-state index contributed by atoms with van der Waals surface area (Å²) >= 11 is 0. The lowest BCUT2D eigenvalue weighted by molar-refractivity contribution is 0.185. The molecular formula is C12H28N2O. The van der Waals surface area contributed by atoms with Crippen LogP contribution in [0.2, 0.25) is 0 Å². The molecule has 0 aromatic rings. The lowest BCUT2D eigenvalue weighted by atomic mass is 10.1. The van der Waals surface area contributed by atoms with E-state index in [2.05, 4.69) is 18.7 Å². The fourth-order valence-corrected chi connectivity index (χ4v) is 1.84. The summed E-state index contributed by atoms with van der Waals surface area (Å²) in [5, 5.41) is 0. The SMILES string of the molecule is CCCN(CCC)CC(N)CCCOC. The summed E-state index contributed by atoms with van der Waals surface area (Å²) in [5.41, 5.74) is 6.08. The second-order valence-corrected chi connectivity index (χ2v) is 4.20. The molecule has 0 saturated heterocycles. The highest BCUT2D eigenvalue weighted by molar-refractivity contribution is 4.68. The fraction of sp³-hybridized carbons (Fsp3) is 1.00. The zero-order valence-electron chi connectivity index (χ0n) is 10.7. The van der Waals surface area contributed by atoms with E-state index in [9.17, 15) is 0 Å². The molecule has 0 spiro atoms. The van der Waals surface area contributed by atoms with Gasteiger partial charge in [0.2, 0.25) is 0 Å². The minimum absolute atomic E-state index is 0.304. The van der Waals surface area contributed by atoms with Gasteiger partial charge in [-0.3, -0.25) is 0 Å². The van der Waals surface area contributed by atoms with Crippen molar-refractivity contribution in [2.45, 2.75) is 45.6 Å². The van der Waals surface area contributed by atoms with Gasteiger partial charge in [0.05, 0.1) is 0 Å². The standard InChI is InChI=1S/C12H28N2O/c1-4-8-14(9-5-2)11-12(13)7-6-10-15-3/h12H,4-11,13H2,1-3H3. The molecular weight excluding hydrogens is 188 g/mol. The molecule has 0 radical (unpaired) electrons. The Morgan fingerprint density at radius 1 is 1.20 bits per heavy atom. The predicted octanol–water partition coefficient (Wildman–Crippen LogP) is 1.86. The summed E-state index contributed by atoms with van der Waals surface area (Å²) in [6.07, 6.45) is 4.57. The molecule has 2 N–H and O–H groups in total. The van der Waals surface area contributed by atoms with Crippen LogP contribution in [-0.4, -0.2) is 44.3 Å². The van der Waals surface area contributed by atoms with Crippen molar-refractivity contribution in [3.63, 3.8) is 0 Å². The van der Waals surface area contributed by atoms with Gasteiger partial charge in [-0.2, -0.15) is 0 Å². The van der Waals surface area contributed by atoms with Crippen LogP contribution >= 0.6 is 0 Å². The summed E-state index contributed by atoms with van der Waals surface area (Å²) in [6, 6.07) is 0.304. The molecule has 1 atom stereocenters. The smallest absolute Gasteiger partial charge is 0.0462 e. The maximum absolute atomic E-state index is 6.08. The zero-order valence-corrected chi connectivity index (χ0v) is 10.7. The van der Waals surface area contributed by atoms with E-state index < -0.39 is 0 Å². The summed E-state index contributed by atoms with van der Waals surface area (Å²) in [5.74, 6) is 0. The maximum Gasteiger partial charge on any atom is 0.0462 e. The Labute approximate surface area is 95.0 Å². The predicted molar refractivity (Wildman–Crippen MR) is 66.1 cm³/mol. The molecule has 0 rings (SSSR count). The topological polar surface area (TPSA) is 38.5 Å². The molecule has 0 aliphatic rings. The number of hydrogen-bond donors (Lipinski definition) is 1. The number of nitrogens with zero attached hydrogens (tertiary/aromatic N) is 1. The van der Waals surface area contributed by atoms with E-state index in [1.54, 1.807) is 7.11 Å². The van der Waals surface area contributed by atoms with Crippen LogP contribution in [0.15, 0.2) is 0 Å². The molecule has 3 heteroatoms. The van der Waals surface area contributed by atoms with Crippen LogP contribution in [0.5, 0.6) is 0 Å². The minimum atomic E-state index is 0.304. The lowest BCUT2D eigenvalue weighted by Gasteiger charge is -2.24. The molecule has 0 aromatic heterocycles. The van der Waals surface area contributed by atoms with Crippen LogP contribution in [0, 0.1) is 0 Å². The molecule has 0 fully saturated rings. The first-order valence-corrected chi connectivity index (χ1v) is 6.21. The molecule has 0 saturated carbocycles. The van der Waals surface area contributed by atoms with E-state index >= 15 is 0 Å². The number of hydrogen-bond acceptors (Lipinski definition) is 3. The Hall–Kier alpha value is -0.120. The largest absolute Gasteiger partial charge is 0.385 e. The van der Waals surface area contributed by atoms with Crippen molar-refractivity contribution in [1.82, 2.24) is 4.90 Å². The van der Waals surface area contributed by atoms with Gasteiger partial charge in [-0.05, 0) is 38.8 Å². The molecule has 3 nitrogen and oxygen atoms in total. The van der Waals surface area contributed by atoms with E-state index in [0.717, 1.165) is 26.0 Å². The quantitative estimate of drug-likeness (QED) is 0.567. The van der Waals surface area contributed by atoms with Gasteiger partial charge in [-0.1, -0.05) is 13.8 Å².